The number of alkyl carbamates (subject to hydrolysis) is 1. The number of phenolic OH excluding ortho intramolecular Hbond substituents is 1. The highest BCUT2D eigenvalue weighted by atomic mass is 127. The maximum atomic E-state index is 11.6. The Morgan fingerprint density at radius 2 is 1.58 bits per heavy atom. The van der Waals surface area contributed by atoms with Crippen LogP contribution in [-0.4, -0.2) is 23.2 Å². The lowest BCUT2D eigenvalue weighted by molar-refractivity contribution is -0.135. The Morgan fingerprint density at radius 3 is 2.08 bits per heavy atom. The summed E-state index contributed by atoms with van der Waals surface area (Å²) in [6.07, 6.45) is -0.354. The molecule has 10 heteroatoms. The highest BCUT2D eigenvalue weighted by Gasteiger charge is 2.32. The molecule has 3 rings (SSSR count). The monoisotopic (exact) mass is 803 g/mol. The Morgan fingerprint density at radius 1 is 1.00 bits per heavy atom. The molecule has 2 aromatic carbocycles. The van der Waals surface area contributed by atoms with E-state index in [1.165, 1.54) is 0 Å². The van der Waals surface area contributed by atoms with Gasteiger partial charge in [-0.05, 0) is 120 Å². The van der Waals surface area contributed by atoms with Crippen molar-refractivity contribution in [3.63, 3.8) is 0 Å². The number of ether oxygens (including phenoxy) is 2. The lowest BCUT2D eigenvalue weighted by atomic mass is 10.1. The smallest absolute Gasteiger partial charge is 0.415 e. The molecule has 2 N–H and O–H groups in total. The zero-order chi connectivity index (χ0) is 19.0. The maximum absolute atomic E-state index is 11.6. The molecule has 136 valence electrons. The van der Waals surface area contributed by atoms with Crippen LogP contribution in [0.25, 0.3) is 0 Å². The van der Waals surface area contributed by atoms with Crippen molar-refractivity contribution < 1.29 is 24.2 Å². The summed E-state index contributed by atoms with van der Waals surface area (Å²) in [5.41, 5.74) is 0.894. The molecule has 1 aliphatic heterocycles. The fourth-order valence-corrected chi connectivity index (χ4v) is 6.14. The van der Waals surface area contributed by atoms with Crippen molar-refractivity contribution in [2.24, 2.45) is 0 Å². The highest BCUT2D eigenvalue weighted by Crippen LogP contribution is 2.37. The van der Waals surface area contributed by atoms with E-state index in [9.17, 15) is 14.7 Å². The summed E-state index contributed by atoms with van der Waals surface area (Å²) in [5, 5.41) is 12.4. The van der Waals surface area contributed by atoms with Gasteiger partial charge < -0.3 is 19.9 Å². The highest BCUT2D eigenvalue weighted by molar-refractivity contribution is 14.1. The van der Waals surface area contributed by atoms with E-state index in [1.54, 1.807) is 12.1 Å². The van der Waals surface area contributed by atoms with Crippen molar-refractivity contribution in [3.8, 4) is 17.2 Å². The molecular formula is C16H9I4NO5. The number of nitrogens with one attached hydrogen (secondary N) is 1. The van der Waals surface area contributed by atoms with Crippen molar-refractivity contribution >= 4 is 102 Å². The summed E-state index contributed by atoms with van der Waals surface area (Å²) in [6.45, 7) is 0. The molecule has 1 atom stereocenters. The number of amides is 1. The summed E-state index contributed by atoms with van der Waals surface area (Å²) in [4.78, 5) is 22.7. The quantitative estimate of drug-likeness (QED) is 0.265. The Hall–Kier alpha value is -0.100. The van der Waals surface area contributed by atoms with Crippen molar-refractivity contribution in [2.45, 2.75) is 12.5 Å². The third-order valence-electron chi connectivity index (χ3n) is 3.48. The number of hydrogen-bond donors (Lipinski definition) is 2. The van der Waals surface area contributed by atoms with Gasteiger partial charge in [-0.25, -0.2) is 9.59 Å². The first-order valence-electron chi connectivity index (χ1n) is 7.10. The van der Waals surface area contributed by atoms with E-state index in [1.807, 2.05) is 12.1 Å². The lowest BCUT2D eigenvalue weighted by Crippen LogP contribution is -2.30. The first kappa shape index (κ1) is 20.6. The predicted molar refractivity (Wildman–Crippen MR) is 128 cm³/mol. The number of carbonyl (C=O) groups excluding carboxylic acids is 2. The Labute approximate surface area is 203 Å². The van der Waals surface area contributed by atoms with E-state index in [0.29, 0.717) is 25.1 Å². The molecule has 0 aliphatic carbocycles. The van der Waals surface area contributed by atoms with Gasteiger partial charge in [0.05, 0.1) is 14.3 Å². The van der Waals surface area contributed by atoms with Gasteiger partial charge in [0.15, 0.2) is 5.75 Å². The molecular weight excluding hydrogens is 794 g/mol. The summed E-state index contributed by atoms with van der Waals surface area (Å²) in [7, 11) is 0. The number of halogens is 4. The van der Waals surface area contributed by atoms with E-state index in [0.717, 1.165) is 12.7 Å². The van der Waals surface area contributed by atoms with Crippen LogP contribution in [0.1, 0.15) is 5.56 Å². The normalized spacial score (nSPS) is 16.4. The number of benzene rings is 2. The average Bonchev–Trinajstić information content (AvgIpc) is 2.86. The van der Waals surface area contributed by atoms with Gasteiger partial charge in [-0.15, -0.1) is 0 Å². The van der Waals surface area contributed by atoms with Crippen LogP contribution in [0.4, 0.5) is 4.79 Å². The van der Waals surface area contributed by atoms with Gasteiger partial charge in [-0.3, -0.25) is 0 Å². The molecule has 0 aromatic heterocycles. The second-order valence-corrected chi connectivity index (χ2v) is 9.98. The largest absolute Gasteiger partial charge is 0.506 e. The van der Waals surface area contributed by atoms with Crippen molar-refractivity contribution in [3.05, 3.63) is 44.1 Å². The zero-order valence-corrected chi connectivity index (χ0v) is 21.3. The molecule has 6 nitrogen and oxygen atoms in total. The molecule has 1 saturated heterocycles. The van der Waals surface area contributed by atoms with Crippen LogP contribution >= 0.6 is 90.4 Å². The number of phenols is 1. The topological polar surface area (TPSA) is 84.9 Å². The summed E-state index contributed by atoms with van der Waals surface area (Å²) in [6, 6.07) is 6.68. The average molecular weight is 803 g/mol. The number of hydrogen-bond acceptors (Lipinski definition) is 5. The molecule has 1 heterocycles. The standard InChI is InChI=1S/C16H9I4NO5/c17-8-4-7(5-9(18)13(8)22)25-14-10(19)1-6(2-11(14)20)3-12-15(23)26-16(24)21-12/h1-2,4-5,12,22H,3H2,(H,21,24)/t12-/m0/s1. The maximum Gasteiger partial charge on any atom is 0.415 e. The van der Waals surface area contributed by atoms with Gasteiger partial charge in [0.2, 0.25) is 0 Å². The van der Waals surface area contributed by atoms with Crippen LogP contribution in [0.3, 0.4) is 0 Å². The van der Waals surface area contributed by atoms with Crippen LogP contribution in [0.2, 0.25) is 0 Å². The number of rotatable bonds is 4. The molecule has 1 aliphatic rings. The van der Waals surface area contributed by atoms with Crippen LogP contribution in [0, 0.1) is 14.3 Å². The molecule has 26 heavy (non-hydrogen) atoms. The Bertz CT molecular complexity index is 871. The SMILES string of the molecule is O=C1N[C@@H](Cc2cc(I)c(Oc3cc(I)c(O)c(I)c3)c(I)c2)C(=O)O1. The first-order valence-corrected chi connectivity index (χ1v) is 11.4. The minimum Gasteiger partial charge on any atom is -0.506 e. The summed E-state index contributed by atoms with van der Waals surface area (Å²) < 4.78 is 13.7. The van der Waals surface area contributed by atoms with Gasteiger partial charge in [-0.1, -0.05) is 0 Å². The first-order chi connectivity index (χ1) is 12.2. The summed E-state index contributed by atoms with van der Waals surface area (Å²) in [5.74, 6) is 1.01. The molecule has 0 bridgehead atoms. The molecule has 0 spiro atoms. The fraction of sp³-hybridized carbons (Fsp3) is 0.125. The molecule has 1 fully saturated rings. The molecule has 0 radical (unpaired) electrons. The van der Waals surface area contributed by atoms with Crippen molar-refractivity contribution in [1.29, 1.82) is 0 Å². The van der Waals surface area contributed by atoms with Gasteiger partial charge >= 0.3 is 12.1 Å². The van der Waals surface area contributed by atoms with Gasteiger partial charge in [0.25, 0.3) is 0 Å². The van der Waals surface area contributed by atoms with Crippen LogP contribution in [0.15, 0.2) is 24.3 Å². The second kappa shape index (κ2) is 8.50. The molecule has 2 aromatic rings. The van der Waals surface area contributed by atoms with Gasteiger partial charge in [0, 0.05) is 6.42 Å². The van der Waals surface area contributed by atoms with Crippen molar-refractivity contribution in [1.82, 2.24) is 5.32 Å². The van der Waals surface area contributed by atoms with Crippen LogP contribution in [-0.2, 0) is 16.0 Å². The number of carbonyl (C=O) groups is 2. The fourth-order valence-electron chi connectivity index (χ4n) is 2.31. The van der Waals surface area contributed by atoms with Gasteiger partial charge in [0.1, 0.15) is 17.5 Å². The Kier molecular flexibility index (Phi) is 6.75. The zero-order valence-electron chi connectivity index (χ0n) is 12.7. The number of aromatic hydroxyl groups is 1. The van der Waals surface area contributed by atoms with E-state index < -0.39 is 18.1 Å². The number of cyclic esters (lactones) is 2. The molecule has 1 amide bonds. The third-order valence-corrected chi connectivity index (χ3v) is 6.73. The minimum absolute atomic E-state index is 0.240. The van der Waals surface area contributed by atoms with Gasteiger partial charge in [-0.2, -0.15) is 0 Å². The number of esters is 1. The molecule has 0 unspecified atom stereocenters. The predicted octanol–water partition coefficient (Wildman–Crippen LogP) is 4.78. The van der Waals surface area contributed by atoms with Crippen LogP contribution in [0.5, 0.6) is 17.2 Å². The van der Waals surface area contributed by atoms with E-state index in [-0.39, 0.29) is 5.75 Å². The van der Waals surface area contributed by atoms with E-state index >= 15 is 0 Å². The lowest BCUT2D eigenvalue weighted by Gasteiger charge is -2.14. The Balaban J connectivity index is 1.84. The van der Waals surface area contributed by atoms with Crippen LogP contribution < -0.4 is 10.1 Å². The van der Waals surface area contributed by atoms with E-state index in [4.69, 9.17) is 4.74 Å². The molecule has 0 saturated carbocycles. The second-order valence-electron chi connectivity index (χ2n) is 5.34. The summed E-state index contributed by atoms with van der Waals surface area (Å²) >= 11 is 8.45. The third kappa shape index (κ3) is 4.65. The van der Waals surface area contributed by atoms with Crippen molar-refractivity contribution in [2.75, 3.05) is 0 Å². The van der Waals surface area contributed by atoms with E-state index in [2.05, 4.69) is 100 Å². The minimum atomic E-state index is -0.708.